The Morgan fingerprint density at radius 2 is 2.00 bits per heavy atom. The number of piperidine rings is 1. The molecule has 0 aromatic rings. The van der Waals surface area contributed by atoms with Crippen molar-refractivity contribution >= 4 is 17.9 Å². The number of ether oxygens (including phenoxy) is 1. The fraction of sp³-hybridized carbons (Fsp3) is 0.929. The van der Waals surface area contributed by atoms with Gasteiger partial charge < -0.3 is 15.0 Å². The predicted molar refractivity (Wildman–Crippen MR) is 79.7 cm³/mol. The van der Waals surface area contributed by atoms with Crippen LogP contribution < -0.4 is 5.32 Å². The summed E-state index contributed by atoms with van der Waals surface area (Å²) >= 11 is 2.00. The lowest BCUT2D eigenvalue weighted by Gasteiger charge is -2.33. The van der Waals surface area contributed by atoms with Crippen molar-refractivity contribution in [3.8, 4) is 0 Å². The van der Waals surface area contributed by atoms with E-state index in [1.807, 2.05) is 23.6 Å². The van der Waals surface area contributed by atoms with Gasteiger partial charge in [-0.3, -0.25) is 0 Å². The normalized spacial score (nSPS) is 28.6. The van der Waals surface area contributed by atoms with Crippen LogP contribution in [0.2, 0.25) is 0 Å². The number of hydrogen-bond acceptors (Lipinski definition) is 4. The highest BCUT2D eigenvalue weighted by Crippen LogP contribution is 2.29. The van der Waals surface area contributed by atoms with Crippen LogP contribution in [0.5, 0.6) is 0 Å². The van der Waals surface area contributed by atoms with E-state index in [0.29, 0.717) is 18.7 Å². The highest BCUT2D eigenvalue weighted by molar-refractivity contribution is 7.99. The summed E-state index contributed by atoms with van der Waals surface area (Å²) in [5.74, 6) is 0. The molecule has 19 heavy (non-hydrogen) atoms. The highest BCUT2D eigenvalue weighted by Gasteiger charge is 2.28. The van der Waals surface area contributed by atoms with Crippen LogP contribution in [0.4, 0.5) is 4.79 Å². The third-order valence-electron chi connectivity index (χ3n) is 4.21. The Kier molecular flexibility index (Phi) is 5.82. The zero-order chi connectivity index (χ0) is 13.7. The van der Waals surface area contributed by atoms with E-state index >= 15 is 0 Å². The minimum atomic E-state index is -0.149. The molecule has 4 nitrogen and oxygen atoms in total. The van der Waals surface area contributed by atoms with E-state index in [1.165, 1.54) is 19.3 Å². The molecule has 1 aliphatic heterocycles. The van der Waals surface area contributed by atoms with Gasteiger partial charge in [-0.05, 0) is 45.3 Å². The maximum absolute atomic E-state index is 11.6. The average Bonchev–Trinajstić information content (AvgIpc) is 2.87. The van der Waals surface area contributed by atoms with Crippen molar-refractivity contribution in [1.82, 2.24) is 10.2 Å². The molecule has 5 heteroatoms. The standard InChI is InChI=1S/C14H26N2O2S/c1-3-18-14(17)16-8-6-11(7-9-16)15-12-4-5-13(10-12)19-2/h11-13,15H,3-10H2,1-2H3. The first-order chi connectivity index (χ1) is 9.22. The van der Waals surface area contributed by atoms with Gasteiger partial charge in [0.05, 0.1) is 6.61 Å². The Hall–Kier alpha value is -0.420. The first kappa shape index (κ1) is 15.0. The molecule has 0 radical (unpaired) electrons. The Morgan fingerprint density at radius 3 is 2.58 bits per heavy atom. The van der Waals surface area contributed by atoms with Crippen molar-refractivity contribution in [3.63, 3.8) is 0 Å². The lowest BCUT2D eigenvalue weighted by Crippen LogP contribution is -2.47. The molecule has 2 rings (SSSR count). The second-order valence-corrected chi connectivity index (χ2v) is 6.63. The number of amides is 1. The average molecular weight is 286 g/mol. The highest BCUT2D eigenvalue weighted by atomic mass is 32.2. The molecular formula is C14H26N2O2S. The summed E-state index contributed by atoms with van der Waals surface area (Å²) in [7, 11) is 0. The molecule has 2 atom stereocenters. The van der Waals surface area contributed by atoms with Crippen LogP contribution in [-0.2, 0) is 4.74 Å². The van der Waals surface area contributed by atoms with Crippen LogP contribution in [0.1, 0.15) is 39.0 Å². The first-order valence-corrected chi connectivity index (χ1v) is 8.72. The van der Waals surface area contributed by atoms with Crippen molar-refractivity contribution in [1.29, 1.82) is 0 Å². The monoisotopic (exact) mass is 286 g/mol. The second-order valence-electron chi connectivity index (χ2n) is 5.49. The maximum atomic E-state index is 11.6. The van der Waals surface area contributed by atoms with E-state index in [0.717, 1.165) is 31.2 Å². The number of carbonyl (C=O) groups excluding carboxylic acids is 1. The van der Waals surface area contributed by atoms with E-state index in [4.69, 9.17) is 4.74 Å². The van der Waals surface area contributed by atoms with E-state index in [2.05, 4.69) is 11.6 Å². The van der Waals surface area contributed by atoms with Gasteiger partial charge in [0.1, 0.15) is 0 Å². The first-order valence-electron chi connectivity index (χ1n) is 7.43. The topological polar surface area (TPSA) is 41.6 Å². The van der Waals surface area contributed by atoms with Crippen molar-refractivity contribution in [2.75, 3.05) is 26.0 Å². The molecule has 0 bridgehead atoms. The summed E-state index contributed by atoms with van der Waals surface area (Å²) in [5, 5.41) is 4.63. The third kappa shape index (κ3) is 4.28. The van der Waals surface area contributed by atoms with Gasteiger partial charge in [0, 0.05) is 30.4 Å². The molecule has 2 fully saturated rings. The maximum Gasteiger partial charge on any atom is 0.409 e. The van der Waals surface area contributed by atoms with Crippen molar-refractivity contribution < 1.29 is 9.53 Å². The summed E-state index contributed by atoms with van der Waals surface area (Å²) in [5.41, 5.74) is 0. The summed E-state index contributed by atoms with van der Waals surface area (Å²) in [6.45, 7) is 3.98. The number of rotatable bonds is 4. The molecule has 2 aliphatic rings. The van der Waals surface area contributed by atoms with E-state index in [-0.39, 0.29) is 6.09 Å². The lowest BCUT2D eigenvalue weighted by atomic mass is 10.0. The van der Waals surface area contributed by atoms with Crippen molar-refractivity contribution in [3.05, 3.63) is 0 Å². The number of likely N-dealkylation sites (tertiary alicyclic amines) is 1. The summed E-state index contributed by atoms with van der Waals surface area (Å²) in [4.78, 5) is 13.4. The number of hydrogen-bond donors (Lipinski definition) is 1. The van der Waals surface area contributed by atoms with Gasteiger partial charge in [-0.25, -0.2) is 4.79 Å². The zero-order valence-corrected chi connectivity index (χ0v) is 12.9. The zero-order valence-electron chi connectivity index (χ0n) is 12.1. The smallest absolute Gasteiger partial charge is 0.409 e. The summed E-state index contributed by atoms with van der Waals surface area (Å²) in [6.07, 6.45) is 8.14. The van der Waals surface area contributed by atoms with Gasteiger partial charge in [-0.1, -0.05) is 0 Å². The quantitative estimate of drug-likeness (QED) is 0.862. The molecule has 1 amide bonds. The fourth-order valence-electron chi connectivity index (χ4n) is 3.08. The Bertz CT molecular complexity index is 293. The summed E-state index contributed by atoms with van der Waals surface area (Å²) in [6, 6.07) is 1.27. The van der Waals surface area contributed by atoms with Crippen LogP contribution in [0, 0.1) is 0 Å². The molecule has 1 saturated heterocycles. The minimum Gasteiger partial charge on any atom is -0.450 e. The minimum absolute atomic E-state index is 0.149. The molecule has 2 unspecified atom stereocenters. The fourth-order valence-corrected chi connectivity index (χ4v) is 3.88. The van der Waals surface area contributed by atoms with Crippen LogP contribution in [0.3, 0.4) is 0 Å². The van der Waals surface area contributed by atoms with Gasteiger partial charge >= 0.3 is 6.09 Å². The van der Waals surface area contributed by atoms with Crippen LogP contribution in [0.15, 0.2) is 0 Å². The number of nitrogens with zero attached hydrogens (tertiary/aromatic N) is 1. The molecule has 0 aromatic heterocycles. The SMILES string of the molecule is CCOC(=O)N1CCC(NC2CCC(SC)C2)CC1. The lowest BCUT2D eigenvalue weighted by molar-refractivity contribution is 0.0942. The van der Waals surface area contributed by atoms with Gasteiger partial charge in [-0.15, -0.1) is 0 Å². The summed E-state index contributed by atoms with van der Waals surface area (Å²) < 4.78 is 5.04. The van der Waals surface area contributed by atoms with Gasteiger partial charge in [-0.2, -0.15) is 11.8 Å². The Morgan fingerprint density at radius 1 is 1.26 bits per heavy atom. The molecule has 110 valence electrons. The molecule has 1 heterocycles. The van der Waals surface area contributed by atoms with Gasteiger partial charge in [0.15, 0.2) is 0 Å². The molecule has 1 saturated carbocycles. The second kappa shape index (κ2) is 7.39. The van der Waals surface area contributed by atoms with Crippen molar-refractivity contribution in [2.45, 2.75) is 56.4 Å². The Balaban J connectivity index is 1.68. The predicted octanol–water partition coefficient (Wildman–Crippen LogP) is 2.48. The van der Waals surface area contributed by atoms with Crippen molar-refractivity contribution in [2.24, 2.45) is 0 Å². The molecule has 0 aromatic carbocycles. The van der Waals surface area contributed by atoms with E-state index in [9.17, 15) is 4.79 Å². The van der Waals surface area contributed by atoms with Crippen LogP contribution >= 0.6 is 11.8 Å². The number of nitrogens with one attached hydrogen (secondary N) is 1. The molecule has 0 spiro atoms. The van der Waals surface area contributed by atoms with Crippen LogP contribution in [0.25, 0.3) is 0 Å². The van der Waals surface area contributed by atoms with E-state index < -0.39 is 0 Å². The third-order valence-corrected chi connectivity index (χ3v) is 5.31. The van der Waals surface area contributed by atoms with Gasteiger partial charge in [0.2, 0.25) is 0 Å². The molecule has 1 aliphatic carbocycles. The molecular weight excluding hydrogens is 260 g/mol. The molecule has 1 N–H and O–H groups in total. The number of thioether (sulfide) groups is 1. The Labute approximate surface area is 120 Å². The van der Waals surface area contributed by atoms with Crippen LogP contribution in [-0.4, -0.2) is 54.3 Å². The van der Waals surface area contributed by atoms with Gasteiger partial charge in [0.25, 0.3) is 0 Å². The van der Waals surface area contributed by atoms with E-state index in [1.54, 1.807) is 0 Å². The number of carbonyl (C=O) groups is 1. The largest absolute Gasteiger partial charge is 0.450 e.